The van der Waals surface area contributed by atoms with Crippen molar-refractivity contribution in [2.45, 2.75) is 0 Å². The maximum atomic E-state index is 2.51. The summed E-state index contributed by atoms with van der Waals surface area (Å²) in [7, 11) is 0. The van der Waals surface area contributed by atoms with Crippen molar-refractivity contribution in [2.75, 3.05) is 4.90 Å². The molecular formula is C44H28N2. The summed E-state index contributed by atoms with van der Waals surface area (Å²) < 4.78 is 2.51. The highest BCUT2D eigenvalue weighted by Gasteiger charge is 2.21. The summed E-state index contributed by atoms with van der Waals surface area (Å²) in [5, 5.41) is 10.3. The summed E-state index contributed by atoms with van der Waals surface area (Å²) in [6, 6.07) is 61.9. The molecule has 8 aromatic carbocycles. The zero-order valence-corrected chi connectivity index (χ0v) is 25.1. The van der Waals surface area contributed by atoms with Crippen molar-refractivity contribution in [3.05, 3.63) is 170 Å². The Morgan fingerprint density at radius 1 is 0.370 bits per heavy atom. The van der Waals surface area contributed by atoms with Crippen LogP contribution in [0.1, 0.15) is 0 Å². The fourth-order valence-electron chi connectivity index (χ4n) is 7.75. The Morgan fingerprint density at radius 3 is 1.67 bits per heavy atom. The molecule has 0 saturated carbocycles. The summed E-state index contributed by atoms with van der Waals surface area (Å²) in [5.41, 5.74) is 9.60. The first-order valence-electron chi connectivity index (χ1n) is 15.9. The van der Waals surface area contributed by atoms with E-state index in [1.54, 1.807) is 0 Å². The van der Waals surface area contributed by atoms with Crippen molar-refractivity contribution in [1.82, 2.24) is 4.40 Å². The number of fused-ring (bicyclic) bond motifs is 6. The molecule has 10 aromatic rings. The van der Waals surface area contributed by atoms with E-state index >= 15 is 0 Å². The normalized spacial score (nSPS) is 11.9. The van der Waals surface area contributed by atoms with Crippen LogP contribution in [0.25, 0.3) is 70.8 Å². The lowest BCUT2D eigenvalue weighted by Gasteiger charge is -2.26. The van der Waals surface area contributed by atoms with Crippen LogP contribution in [-0.4, -0.2) is 4.40 Å². The van der Waals surface area contributed by atoms with E-state index < -0.39 is 0 Å². The monoisotopic (exact) mass is 584 g/mol. The number of anilines is 3. The molecule has 0 N–H and O–H groups in total. The SMILES string of the molecule is c1ccc(N(c2ccccc2)c2cccc(-c3cc4c5ccccc5n5c6ccccc6c6cccc7ccc3c(c76)c45)c2)cc1. The molecule has 0 aliphatic rings. The van der Waals surface area contributed by atoms with Crippen molar-refractivity contribution < 1.29 is 0 Å². The maximum absolute atomic E-state index is 2.51. The van der Waals surface area contributed by atoms with Gasteiger partial charge in [-0.05, 0) is 87.3 Å². The van der Waals surface area contributed by atoms with Gasteiger partial charge in [-0.2, -0.15) is 0 Å². The zero-order valence-electron chi connectivity index (χ0n) is 25.1. The molecule has 0 bridgehead atoms. The number of rotatable bonds is 4. The molecule has 0 aliphatic carbocycles. The van der Waals surface area contributed by atoms with E-state index in [2.05, 4.69) is 179 Å². The number of nitrogens with zero attached hydrogens (tertiary/aromatic N) is 2. The molecule has 214 valence electrons. The minimum atomic E-state index is 1.13. The summed E-state index contributed by atoms with van der Waals surface area (Å²) in [6.45, 7) is 0. The third-order valence-corrected chi connectivity index (χ3v) is 9.65. The Hall–Kier alpha value is -6.12. The second-order valence-electron chi connectivity index (χ2n) is 12.1. The maximum Gasteiger partial charge on any atom is 0.0626 e. The minimum Gasteiger partial charge on any atom is -0.310 e. The number of hydrogen-bond donors (Lipinski definition) is 0. The van der Waals surface area contributed by atoms with Crippen molar-refractivity contribution in [2.24, 2.45) is 0 Å². The summed E-state index contributed by atoms with van der Waals surface area (Å²) >= 11 is 0. The van der Waals surface area contributed by atoms with Gasteiger partial charge in [-0.3, -0.25) is 0 Å². The van der Waals surface area contributed by atoms with Gasteiger partial charge in [0.15, 0.2) is 0 Å². The topological polar surface area (TPSA) is 7.65 Å². The van der Waals surface area contributed by atoms with E-state index in [1.165, 1.54) is 70.8 Å². The zero-order chi connectivity index (χ0) is 30.2. The average Bonchev–Trinajstić information content (AvgIpc) is 3.39. The van der Waals surface area contributed by atoms with Crippen LogP contribution in [0.5, 0.6) is 0 Å². The van der Waals surface area contributed by atoms with E-state index in [0.29, 0.717) is 0 Å². The Labute approximate surface area is 266 Å². The van der Waals surface area contributed by atoms with Gasteiger partial charge in [-0.1, -0.05) is 115 Å². The summed E-state index contributed by atoms with van der Waals surface area (Å²) in [4.78, 5) is 2.34. The Morgan fingerprint density at radius 2 is 0.957 bits per heavy atom. The molecule has 2 nitrogen and oxygen atoms in total. The Bertz CT molecular complexity index is 2700. The van der Waals surface area contributed by atoms with Crippen molar-refractivity contribution >= 4 is 76.7 Å². The predicted molar refractivity (Wildman–Crippen MR) is 196 cm³/mol. The number of hydrogen-bond acceptors (Lipinski definition) is 1. The third-order valence-electron chi connectivity index (χ3n) is 9.65. The molecule has 0 fully saturated rings. The molecule has 0 saturated heterocycles. The fourth-order valence-corrected chi connectivity index (χ4v) is 7.75. The lowest BCUT2D eigenvalue weighted by Crippen LogP contribution is -2.09. The van der Waals surface area contributed by atoms with E-state index in [9.17, 15) is 0 Å². The second kappa shape index (κ2) is 9.69. The van der Waals surface area contributed by atoms with Crippen LogP contribution in [0.15, 0.2) is 170 Å². The molecule has 2 heteroatoms. The number of aromatic nitrogens is 1. The van der Waals surface area contributed by atoms with Gasteiger partial charge >= 0.3 is 0 Å². The first-order chi connectivity index (χ1) is 22.8. The fraction of sp³-hybridized carbons (Fsp3) is 0. The molecule has 0 aliphatic heterocycles. The standard InChI is InChI=1S/C44H28N2/c1-3-15-31(16-4-1)45(32-17-5-2-6-18-32)33-19-11-14-30(27-33)38-28-39-35-21-8-10-24-41(35)46-40-23-9-7-20-34(40)36-22-12-13-29-25-26-37(38)43(42(29)36)44(39)46/h1-28H. The van der Waals surface area contributed by atoms with Gasteiger partial charge in [-0.15, -0.1) is 0 Å². The second-order valence-corrected chi connectivity index (χ2v) is 12.1. The number of para-hydroxylation sites is 4. The lowest BCUT2D eigenvalue weighted by atomic mass is 9.90. The molecule has 0 unspecified atom stereocenters. The third kappa shape index (κ3) is 3.53. The molecule has 0 radical (unpaired) electrons. The first-order valence-corrected chi connectivity index (χ1v) is 15.9. The Kier molecular flexibility index (Phi) is 5.31. The predicted octanol–water partition coefficient (Wildman–Crippen LogP) is 12.3. The van der Waals surface area contributed by atoms with Crippen LogP contribution in [0, 0.1) is 0 Å². The molecule has 10 rings (SSSR count). The van der Waals surface area contributed by atoms with Gasteiger partial charge < -0.3 is 9.30 Å². The molecule has 2 aromatic heterocycles. The van der Waals surface area contributed by atoms with Crippen LogP contribution >= 0.6 is 0 Å². The Balaban J connectivity index is 1.35. The molecule has 0 atom stereocenters. The highest BCUT2D eigenvalue weighted by atomic mass is 15.1. The van der Waals surface area contributed by atoms with Crippen LogP contribution in [0.4, 0.5) is 17.1 Å². The molecule has 46 heavy (non-hydrogen) atoms. The first kappa shape index (κ1) is 25.2. The van der Waals surface area contributed by atoms with E-state index in [0.717, 1.165) is 17.1 Å². The van der Waals surface area contributed by atoms with E-state index in [4.69, 9.17) is 0 Å². The van der Waals surface area contributed by atoms with Crippen LogP contribution < -0.4 is 4.90 Å². The van der Waals surface area contributed by atoms with E-state index in [-0.39, 0.29) is 0 Å². The lowest BCUT2D eigenvalue weighted by molar-refractivity contribution is 1.28. The van der Waals surface area contributed by atoms with Gasteiger partial charge in [0.2, 0.25) is 0 Å². The molecule has 2 heterocycles. The quantitative estimate of drug-likeness (QED) is 0.187. The highest BCUT2D eigenvalue weighted by molar-refractivity contribution is 6.34. The van der Waals surface area contributed by atoms with Crippen LogP contribution in [0.3, 0.4) is 0 Å². The number of benzene rings is 8. The van der Waals surface area contributed by atoms with Crippen molar-refractivity contribution in [1.29, 1.82) is 0 Å². The minimum absolute atomic E-state index is 1.13. The van der Waals surface area contributed by atoms with Crippen molar-refractivity contribution in [3.8, 4) is 11.1 Å². The largest absolute Gasteiger partial charge is 0.310 e. The van der Waals surface area contributed by atoms with Gasteiger partial charge in [0.25, 0.3) is 0 Å². The van der Waals surface area contributed by atoms with Crippen LogP contribution in [0.2, 0.25) is 0 Å². The summed E-state index contributed by atoms with van der Waals surface area (Å²) in [6.07, 6.45) is 0. The van der Waals surface area contributed by atoms with Gasteiger partial charge in [0.05, 0.1) is 16.6 Å². The van der Waals surface area contributed by atoms with Gasteiger partial charge in [0.1, 0.15) is 0 Å². The van der Waals surface area contributed by atoms with E-state index in [1.807, 2.05) is 0 Å². The highest BCUT2D eigenvalue weighted by Crippen LogP contribution is 2.47. The molecule has 0 amide bonds. The van der Waals surface area contributed by atoms with Gasteiger partial charge in [0, 0.05) is 38.6 Å². The van der Waals surface area contributed by atoms with Gasteiger partial charge in [-0.25, -0.2) is 0 Å². The van der Waals surface area contributed by atoms with Crippen molar-refractivity contribution in [3.63, 3.8) is 0 Å². The summed E-state index contributed by atoms with van der Waals surface area (Å²) in [5.74, 6) is 0. The average molecular weight is 585 g/mol. The smallest absolute Gasteiger partial charge is 0.0626 e. The molecule has 0 spiro atoms. The van der Waals surface area contributed by atoms with Crippen LogP contribution in [-0.2, 0) is 0 Å². The molecular weight excluding hydrogens is 556 g/mol.